The van der Waals surface area contributed by atoms with Crippen LogP contribution in [0.25, 0.3) is 0 Å². The van der Waals surface area contributed by atoms with Crippen molar-refractivity contribution in [3.8, 4) is 0 Å². The number of amides is 1. The number of rotatable bonds is 3. The van der Waals surface area contributed by atoms with Crippen LogP contribution in [-0.4, -0.2) is 51.4 Å². The first-order valence-corrected chi connectivity index (χ1v) is 6.30. The Labute approximate surface area is 112 Å². The van der Waals surface area contributed by atoms with Gasteiger partial charge in [-0.2, -0.15) is 0 Å². The van der Waals surface area contributed by atoms with Gasteiger partial charge in [-0.1, -0.05) is 13.8 Å². The van der Waals surface area contributed by atoms with Gasteiger partial charge in [0.1, 0.15) is 5.60 Å². The molecule has 1 aliphatic rings. The molecule has 1 saturated heterocycles. The number of aliphatic hydroxyl groups is 1. The number of ether oxygens (including phenoxy) is 1. The highest BCUT2D eigenvalue weighted by atomic mass is 16.6. The van der Waals surface area contributed by atoms with Crippen molar-refractivity contribution in [1.29, 1.82) is 0 Å². The second-order valence-corrected chi connectivity index (χ2v) is 6.41. The zero-order valence-corrected chi connectivity index (χ0v) is 12.0. The summed E-state index contributed by atoms with van der Waals surface area (Å²) >= 11 is 0. The first-order chi connectivity index (χ1) is 8.46. The van der Waals surface area contributed by atoms with Gasteiger partial charge in [0.25, 0.3) is 0 Å². The van der Waals surface area contributed by atoms with Gasteiger partial charge in [-0.25, -0.2) is 4.79 Å². The SMILES string of the molecule is CC(C)C([N+](=O)[O-])C1(O)CN(C(=O)OC(C)(C)C)C1. The minimum Gasteiger partial charge on any atom is -0.444 e. The Bertz CT molecular complexity index is 369. The zero-order valence-electron chi connectivity index (χ0n) is 12.0. The van der Waals surface area contributed by atoms with Gasteiger partial charge >= 0.3 is 6.09 Å². The summed E-state index contributed by atoms with van der Waals surface area (Å²) in [6, 6.07) is -1.08. The molecule has 1 amide bonds. The lowest BCUT2D eigenvalue weighted by Crippen LogP contribution is -2.71. The molecule has 1 fully saturated rings. The Balaban J connectivity index is 2.64. The van der Waals surface area contributed by atoms with E-state index in [1.165, 1.54) is 4.90 Å². The minimum absolute atomic E-state index is 0.0637. The number of hydrogen-bond donors (Lipinski definition) is 1. The minimum atomic E-state index is -1.46. The summed E-state index contributed by atoms with van der Waals surface area (Å²) in [5, 5.41) is 21.2. The summed E-state index contributed by atoms with van der Waals surface area (Å²) in [6.07, 6.45) is -0.553. The third-order valence-electron chi connectivity index (χ3n) is 2.99. The van der Waals surface area contributed by atoms with Crippen molar-refractivity contribution in [3.05, 3.63) is 10.1 Å². The first kappa shape index (κ1) is 15.7. The summed E-state index contributed by atoms with van der Waals surface area (Å²) in [7, 11) is 0. The van der Waals surface area contributed by atoms with Gasteiger partial charge in [0.15, 0.2) is 5.60 Å². The number of carbonyl (C=O) groups excluding carboxylic acids is 1. The van der Waals surface area contributed by atoms with E-state index < -0.39 is 28.3 Å². The lowest BCUT2D eigenvalue weighted by Gasteiger charge is -2.47. The summed E-state index contributed by atoms with van der Waals surface area (Å²) in [5.41, 5.74) is -2.08. The molecule has 1 heterocycles. The van der Waals surface area contributed by atoms with E-state index in [9.17, 15) is 20.0 Å². The molecule has 0 radical (unpaired) electrons. The van der Waals surface area contributed by atoms with Crippen LogP contribution in [0.4, 0.5) is 4.79 Å². The molecule has 110 valence electrons. The molecule has 1 rings (SSSR count). The third kappa shape index (κ3) is 3.56. The predicted octanol–water partition coefficient (Wildman–Crippen LogP) is 1.27. The Kier molecular flexibility index (Phi) is 4.09. The Morgan fingerprint density at radius 3 is 2.21 bits per heavy atom. The average Bonchev–Trinajstić information content (AvgIpc) is 2.08. The van der Waals surface area contributed by atoms with Gasteiger partial charge < -0.3 is 14.7 Å². The lowest BCUT2D eigenvalue weighted by atomic mass is 9.81. The van der Waals surface area contributed by atoms with E-state index in [1.807, 2.05) is 0 Å². The maximum atomic E-state index is 11.7. The molecule has 1 unspecified atom stereocenters. The molecule has 19 heavy (non-hydrogen) atoms. The van der Waals surface area contributed by atoms with E-state index in [0.717, 1.165) is 0 Å². The van der Waals surface area contributed by atoms with Gasteiger partial charge in [0.05, 0.1) is 13.1 Å². The van der Waals surface area contributed by atoms with Gasteiger partial charge in [0, 0.05) is 10.8 Å². The third-order valence-corrected chi connectivity index (χ3v) is 2.99. The van der Waals surface area contributed by atoms with E-state index in [1.54, 1.807) is 34.6 Å². The molecule has 0 spiro atoms. The summed E-state index contributed by atoms with van der Waals surface area (Å²) < 4.78 is 5.14. The summed E-state index contributed by atoms with van der Waals surface area (Å²) in [5.74, 6) is -0.305. The van der Waals surface area contributed by atoms with Crippen molar-refractivity contribution in [2.24, 2.45) is 5.92 Å². The molecule has 1 N–H and O–H groups in total. The van der Waals surface area contributed by atoms with Gasteiger partial charge in [-0.3, -0.25) is 10.1 Å². The largest absolute Gasteiger partial charge is 0.444 e. The number of hydrogen-bond acceptors (Lipinski definition) is 5. The van der Waals surface area contributed by atoms with Crippen molar-refractivity contribution < 1.29 is 19.6 Å². The first-order valence-electron chi connectivity index (χ1n) is 6.30. The van der Waals surface area contributed by atoms with Gasteiger partial charge in [0.2, 0.25) is 6.04 Å². The van der Waals surface area contributed by atoms with Crippen LogP contribution in [0.15, 0.2) is 0 Å². The van der Waals surface area contributed by atoms with Crippen LogP contribution < -0.4 is 0 Å². The van der Waals surface area contributed by atoms with Crippen molar-refractivity contribution in [1.82, 2.24) is 4.90 Å². The molecule has 7 heteroatoms. The van der Waals surface area contributed by atoms with Gasteiger partial charge in [-0.05, 0) is 20.8 Å². The average molecular weight is 274 g/mol. The number of likely N-dealkylation sites (tertiary alicyclic amines) is 1. The molecule has 0 aliphatic carbocycles. The van der Waals surface area contributed by atoms with Crippen molar-refractivity contribution in [3.63, 3.8) is 0 Å². The molecule has 1 aliphatic heterocycles. The lowest BCUT2D eigenvalue weighted by molar-refractivity contribution is -0.559. The quantitative estimate of drug-likeness (QED) is 0.618. The van der Waals surface area contributed by atoms with Crippen molar-refractivity contribution in [2.45, 2.75) is 51.9 Å². The number of nitro groups is 1. The second-order valence-electron chi connectivity index (χ2n) is 6.41. The molecule has 0 aromatic heterocycles. The van der Waals surface area contributed by atoms with E-state index in [4.69, 9.17) is 4.74 Å². The van der Waals surface area contributed by atoms with E-state index in [2.05, 4.69) is 0 Å². The highest BCUT2D eigenvalue weighted by molar-refractivity contribution is 5.69. The molecule has 7 nitrogen and oxygen atoms in total. The van der Waals surface area contributed by atoms with Crippen molar-refractivity contribution >= 4 is 6.09 Å². The summed E-state index contributed by atoms with van der Waals surface area (Å²) in [6.45, 7) is 8.46. The molecule has 0 bridgehead atoms. The molecular weight excluding hydrogens is 252 g/mol. The van der Waals surface area contributed by atoms with E-state index >= 15 is 0 Å². The fourth-order valence-electron chi connectivity index (χ4n) is 2.32. The van der Waals surface area contributed by atoms with Crippen LogP contribution >= 0.6 is 0 Å². The number of carbonyl (C=O) groups is 1. The van der Waals surface area contributed by atoms with E-state index in [-0.39, 0.29) is 19.0 Å². The predicted molar refractivity (Wildman–Crippen MR) is 68.4 cm³/mol. The second kappa shape index (κ2) is 4.96. The van der Waals surface area contributed by atoms with Crippen LogP contribution in [0.1, 0.15) is 34.6 Å². The standard InChI is InChI=1S/C12H22N2O5/c1-8(2)9(14(17)18)12(16)6-13(7-12)10(15)19-11(3,4)5/h8-9,16H,6-7H2,1-5H3. The number of β-amino-alcohol motifs (C(OH)–C–C–N with tert-alkyl or cyclic N) is 1. The Hall–Kier alpha value is -1.37. The smallest absolute Gasteiger partial charge is 0.410 e. The molecule has 0 aromatic rings. The van der Waals surface area contributed by atoms with Gasteiger partial charge in [-0.15, -0.1) is 0 Å². The van der Waals surface area contributed by atoms with Crippen LogP contribution in [0.3, 0.4) is 0 Å². The van der Waals surface area contributed by atoms with Crippen molar-refractivity contribution in [2.75, 3.05) is 13.1 Å². The van der Waals surface area contributed by atoms with Crippen LogP contribution in [-0.2, 0) is 4.74 Å². The summed E-state index contributed by atoms with van der Waals surface area (Å²) in [4.78, 5) is 23.5. The maximum absolute atomic E-state index is 11.7. The fourth-order valence-corrected chi connectivity index (χ4v) is 2.32. The zero-order chi connectivity index (χ0) is 15.0. The Morgan fingerprint density at radius 1 is 1.42 bits per heavy atom. The number of nitrogens with zero attached hydrogens (tertiary/aromatic N) is 2. The normalized spacial score (nSPS) is 19.8. The fraction of sp³-hybridized carbons (Fsp3) is 0.917. The monoisotopic (exact) mass is 274 g/mol. The topological polar surface area (TPSA) is 92.9 Å². The highest BCUT2D eigenvalue weighted by Crippen LogP contribution is 2.31. The molecular formula is C12H22N2O5. The van der Waals surface area contributed by atoms with Crippen LogP contribution in [0, 0.1) is 16.0 Å². The molecule has 1 atom stereocenters. The van der Waals surface area contributed by atoms with Crippen LogP contribution in [0.5, 0.6) is 0 Å². The molecule has 0 aromatic carbocycles. The maximum Gasteiger partial charge on any atom is 0.410 e. The van der Waals surface area contributed by atoms with E-state index in [0.29, 0.717) is 0 Å². The highest BCUT2D eigenvalue weighted by Gasteiger charge is 2.57. The van der Waals surface area contributed by atoms with Crippen LogP contribution in [0.2, 0.25) is 0 Å². The Morgan fingerprint density at radius 2 is 1.89 bits per heavy atom. The molecule has 0 saturated carbocycles.